The van der Waals surface area contributed by atoms with E-state index in [1.54, 1.807) is 6.92 Å². The fourth-order valence-electron chi connectivity index (χ4n) is 1.83. The number of hydrogen-bond donors (Lipinski definition) is 2. The van der Waals surface area contributed by atoms with E-state index in [9.17, 15) is 18.0 Å². The van der Waals surface area contributed by atoms with Gasteiger partial charge in [0.1, 0.15) is 5.54 Å². The molecule has 1 aliphatic rings. The predicted octanol–water partition coefficient (Wildman–Crippen LogP) is 2.25. The zero-order valence-corrected chi connectivity index (χ0v) is 11.0. The molecule has 1 aromatic carbocycles. The van der Waals surface area contributed by atoms with Crippen LogP contribution in [0.4, 0.5) is 18.9 Å². The van der Waals surface area contributed by atoms with Gasteiger partial charge in [0, 0.05) is 18.3 Å². The molecule has 0 bridgehead atoms. The van der Waals surface area contributed by atoms with E-state index in [4.69, 9.17) is 5.26 Å². The van der Waals surface area contributed by atoms with Crippen molar-refractivity contribution in [3.63, 3.8) is 0 Å². The summed E-state index contributed by atoms with van der Waals surface area (Å²) in [6.07, 6.45) is -2.81. The highest BCUT2D eigenvalue weighted by Crippen LogP contribution is 2.33. The van der Waals surface area contributed by atoms with E-state index in [0.717, 1.165) is 12.1 Å². The van der Waals surface area contributed by atoms with Gasteiger partial charge in [-0.1, -0.05) is 0 Å². The molecule has 1 unspecified atom stereocenters. The molecule has 0 saturated heterocycles. The molecule has 1 aliphatic heterocycles. The lowest BCUT2D eigenvalue weighted by Gasteiger charge is -2.22. The number of amides is 1. The number of carbonyl (C=O) groups is 1. The second-order valence-corrected chi connectivity index (χ2v) is 4.78. The molecule has 1 heterocycles. The number of nitrogens with zero attached hydrogens (tertiary/aromatic N) is 2. The van der Waals surface area contributed by atoms with E-state index >= 15 is 0 Å². The van der Waals surface area contributed by atoms with Gasteiger partial charge in [-0.05, 0) is 25.1 Å². The lowest BCUT2D eigenvalue weighted by molar-refractivity contribution is -0.137. The van der Waals surface area contributed by atoms with Crippen molar-refractivity contribution in [3.8, 4) is 6.07 Å². The minimum absolute atomic E-state index is 0.0266. The second kappa shape index (κ2) is 5.09. The van der Waals surface area contributed by atoms with Gasteiger partial charge in [0.2, 0.25) is 0 Å². The van der Waals surface area contributed by atoms with E-state index in [1.165, 1.54) is 18.4 Å². The summed E-state index contributed by atoms with van der Waals surface area (Å²) in [5.41, 5.74) is 0.0112. The average molecular weight is 296 g/mol. The van der Waals surface area contributed by atoms with Crippen molar-refractivity contribution in [3.05, 3.63) is 29.3 Å². The van der Waals surface area contributed by atoms with E-state index in [2.05, 4.69) is 15.8 Å². The minimum atomic E-state index is -4.66. The van der Waals surface area contributed by atoms with Crippen LogP contribution in [0.25, 0.3) is 0 Å². The van der Waals surface area contributed by atoms with Crippen molar-refractivity contribution >= 4 is 17.8 Å². The molecule has 0 spiro atoms. The zero-order chi connectivity index (χ0) is 15.7. The fourth-order valence-corrected chi connectivity index (χ4v) is 1.83. The summed E-state index contributed by atoms with van der Waals surface area (Å²) in [6, 6.07) is 4.51. The summed E-state index contributed by atoms with van der Waals surface area (Å²) in [7, 11) is 0. The van der Waals surface area contributed by atoms with Crippen molar-refractivity contribution in [2.75, 3.05) is 5.32 Å². The molecule has 0 radical (unpaired) electrons. The van der Waals surface area contributed by atoms with Crippen molar-refractivity contribution in [1.82, 2.24) is 5.43 Å². The molecule has 2 rings (SSSR count). The van der Waals surface area contributed by atoms with Crippen molar-refractivity contribution in [2.24, 2.45) is 5.10 Å². The van der Waals surface area contributed by atoms with Gasteiger partial charge in [-0.25, -0.2) is 0 Å². The number of carbonyl (C=O) groups excluding carboxylic acids is 1. The number of halogens is 3. The lowest BCUT2D eigenvalue weighted by Crippen LogP contribution is -2.47. The first-order valence-corrected chi connectivity index (χ1v) is 5.98. The molecule has 0 fully saturated rings. The molecule has 8 heteroatoms. The van der Waals surface area contributed by atoms with Crippen LogP contribution in [0.5, 0.6) is 0 Å². The monoisotopic (exact) mass is 296 g/mol. The van der Waals surface area contributed by atoms with Gasteiger partial charge >= 0.3 is 6.18 Å². The Balaban J connectivity index is 2.26. The summed E-state index contributed by atoms with van der Waals surface area (Å²) in [4.78, 5) is 12.1. The van der Waals surface area contributed by atoms with Crippen molar-refractivity contribution < 1.29 is 18.0 Å². The third kappa shape index (κ3) is 2.97. The molecule has 2 N–H and O–H groups in total. The van der Waals surface area contributed by atoms with Crippen LogP contribution in [0.2, 0.25) is 0 Å². The van der Waals surface area contributed by atoms with Crippen LogP contribution < -0.4 is 10.7 Å². The van der Waals surface area contributed by atoms with Gasteiger partial charge in [0.15, 0.2) is 0 Å². The Kier molecular flexibility index (Phi) is 3.60. The first-order valence-electron chi connectivity index (χ1n) is 5.98. The number of alkyl halides is 3. The Bertz CT molecular complexity index is 638. The van der Waals surface area contributed by atoms with Crippen LogP contribution in [0.15, 0.2) is 23.3 Å². The Labute approximate surface area is 118 Å². The number of nitriles is 1. The highest BCUT2D eigenvalue weighted by molar-refractivity contribution is 6.00. The first kappa shape index (κ1) is 14.8. The van der Waals surface area contributed by atoms with Crippen LogP contribution in [0.3, 0.4) is 0 Å². The van der Waals surface area contributed by atoms with Gasteiger partial charge in [0.25, 0.3) is 5.91 Å². The standard InChI is InChI=1S/C13H11F3N4O/c1-12(4-5-18-20-12)11(21)19-9-3-2-8(7-17)10(6-9)13(14,15)16/h2-3,5-6,20H,4H2,1H3,(H,19,21). The molecule has 110 valence electrons. The second-order valence-electron chi connectivity index (χ2n) is 4.78. The predicted molar refractivity (Wildman–Crippen MR) is 69.4 cm³/mol. The van der Waals surface area contributed by atoms with E-state index in [1.807, 2.05) is 0 Å². The summed E-state index contributed by atoms with van der Waals surface area (Å²) in [5.74, 6) is -0.502. The van der Waals surface area contributed by atoms with E-state index < -0.39 is 28.7 Å². The molecule has 1 atom stereocenters. The van der Waals surface area contributed by atoms with Gasteiger partial charge in [-0.3, -0.25) is 10.2 Å². The summed E-state index contributed by atoms with van der Waals surface area (Å²) in [5, 5.41) is 14.8. The van der Waals surface area contributed by atoms with Crippen LogP contribution >= 0.6 is 0 Å². The number of hydrazone groups is 1. The Morgan fingerprint density at radius 2 is 2.24 bits per heavy atom. The van der Waals surface area contributed by atoms with Crippen molar-refractivity contribution in [1.29, 1.82) is 5.26 Å². The molecule has 0 aromatic heterocycles. The van der Waals surface area contributed by atoms with Gasteiger partial charge in [-0.15, -0.1) is 0 Å². The average Bonchev–Trinajstić information content (AvgIpc) is 2.86. The molecule has 1 amide bonds. The third-order valence-corrected chi connectivity index (χ3v) is 3.11. The van der Waals surface area contributed by atoms with Gasteiger partial charge < -0.3 is 5.32 Å². The smallest absolute Gasteiger partial charge is 0.324 e. The summed E-state index contributed by atoms with van der Waals surface area (Å²) >= 11 is 0. The third-order valence-electron chi connectivity index (χ3n) is 3.11. The van der Waals surface area contributed by atoms with Crippen molar-refractivity contribution in [2.45, 2.75) is 25.1 Å². The molecule has 21 heavy (non-hydrogen) atoms. The van der Waals surface area contributed by atoms with Crippen LogP contribution in [0.1, 0.15) is 24.5 Å². The first-order chi connectivity index (χ1) is 9.76. The maximum absolute atomic E-state index is 12.8. The molecule has 0 saturated carbocycles. The maximum Gasteiger partial charge on any atom is 0.417 e. The summed E-state index contributed by atoms with van der Waals surface area (Å²) in [6.45, 7) is 1.59. The molecular weight excluding hydrogens is 285 g/mol. The molecule has 0 aliphatic carbocycles. The zero-order valence-electron chi connectivity index (χ0n) is 11.0. The Morgan fingerprint density at radius 3 is 2.76 bits per heavy atom. The van der Waals surface area contributed by atoms with Crippen LogP contribution in [-0.2, 0) is 11.0 Å². The highest BCUT2D eigenvalue weighted by atomic mass is 19.4. The Hall–Kier alpha value is -2.56. The fraction of sp³-hybridized carbons (Fsp3) is 0.308. The highest BCUT2D eigenvalue weighted by Gasteiger charge is 2.36. The SMILES string of the molecule is CC1(C(=O)Nc2ccc(C#N)c(C(F)(F)F)c2)CC=NN1. The number of benzene rings is 1. The minimum Gasteiger partial charge on any atom is -0.324 e. The number of nitrogens with one attached hydrogen (secondary N) is 2. The molecular formula is C13H11F3N4O. The normalized spacial score (nSPS) is 20.7. The largest absolute Gasteiger partial charge is 0.417 e. The molecule has 1 aromatic rings. The summed E-state index contributed by atoms with van der Waals surface area (Å²) < 4.78 is 38.5. The van der Waals surface area contributed by atoms with Gasteiger partial charge in [0.05, 0.1) is 17.2 Å². The van der Waals surface area contributed by atoms with E-state index in [-0.39, 0.29) is 5.69 Å². The number of anilines is 1. The lowest BCUT2D eigenvalue weighted by atomic mass is 9.99. The number of rotatable bonds is 2. The van der Waals surface area contributed by atoms with Crippen LogP contribution in [0, 0.1) is 11.3 Å². The van der Waals surface area contributed by atoms with Crippen LogP contribution in [-0.4, -0.2) is 17.7 Å². The maximum atomic E-state index is 12.8. The topological polar surface area (TPSA) is 77.3 Å². The Morgan fingerprint density at radius 1 is 1.52 bits per heavy atom. The van der Waals surface area contributed by atoms with Gasteiger partial charge in [-0.2, -0.15) is 23.5 Å². The molecule has 5 nitrogen and oxygen atoms in total. The van der Waals surface area contributed by atoms with E-state index in [0.29, 0.717) is 6.42 Å². The number of hydrogen-bond acceptors (Lipinski definition) is 4. The quantitative estimate of drug-likeness (QED) is 0.878.